The van der Waals surface area contributed by atoms with Gasteiger partial charge in [0.2, 0.25) is 0 Å². The first-order valence-electron chi connectivity index (χ1n) is 9.00. The zero-order valence-corrected chi connectivity index (χ0v) is 14.4. The first-order valence-corrected chi connectivity index (χ1v) is 9.00. The molecule has 1 heterocycles. The number of guanidine groups is 1. The minimum atomic E-state index is -0.187. The van der Waals surface area contributed by atoms with Crippen molar-refractivity contribution in [2.24, 2.45) is 23.5 Å². The van der Waals surface area contributed by atoms with E-state index in [2.05, 4.69) is 5.32 Å². The Hall–Kier alpha value is -1.86. The van der Waals surface area contributed by atoms with Crippen molar-refractivity contribution >= 4 is 11.9 Å². The van der Waals surface area contributed by atoms with Gasteiger partial charge in [-0.15, -0.1) is 0 Å². The van der Waals surface area contributed by atoms with Crippen molar-refractivity contribution in [3.63, 3.8) is 0 Å². The molecule has 25 heavy (non-hydrogen) atoms. The highest BCUT2D eigenvalue weighted by atomic mass is 16.5. The van der Waals surface area contributed by atoms with Gasteiger partial charge in [0, 0.05) is 18.7 Å². The summed E-state index contributed by atoms with van der Waals surface area (Å²) in [5, 5.41) is 19.2. The van der Waals surface area contributed by atoms with E-state index in [-0.39, 0.29) is 30.6 Å². The fraction of sp³-hybridized carbons (Fsp3) is 0.667. The number of rotatable bonds is 5. The minimum absolute atomic E-state index is 0.0785. The molecule has 0 aromatic rings. The highest BCUT2D eigenvalue weighted by Crippen LogP contribution is 2.39. The molecule has 7 heteroatoms. The minimum Gasteiger partial charge on any atom is -0.431 e. The number of ether oxygens (including phenoxy) is 2. The van der Waals surface area contributed by atoms with Gasteiger partial charge < -0.3 is 25.6 Å². The van der Waals surface area contributed by atoms with Crippen molar-refractivity contribution in [1.82, 2.24) is 5.32 Å². The molecule has 0 amide bonds. The van der Waals surface area contributed by atoms with Gasteiger partial charge in [-0.2, -0.15) is 0 Å². The molecule has 1 unspecified atom stereocenters. The third-order valence-electron chi connectivity index (χ3n) is 5.40. The SMILES string of the molecule is N=C(N)NC1=CC[C@@H](C(=O)OC2=CC[C@H]3C(CCO)CO[C@H]3C2)CC1. The number of esters is 1. The van der Waals surface area contributed by atoms with E-state index in [4.69, 9.17) is 25.7 Å². The summed E-state index contributed by atoms with van der Waals surface area (Å²) in [4.78, 5) is 12.4. The lowest BCUT2D eigenvalue weighted by molar-refractivity contribution is -0.145. The average molecular weight is 349 g/mol. The number of nitrogens with two attached hydrogens (primary N) is 1. The van der Waals surface area contributed by atoms with Gasteiger partial charge in [-0.3, -0.25) is 10.2 Å². The Morgan fingerprint density at radius 2 is 2.28 bits per heavy atom. The van der Waals surface area contributed by atoms with Gasteiger partial charge in [0.1, 0.15) is 5.76 Å². The van der Waals surface area contributed by atoms with Crippen LogP contribution in [0.4, 0.5) is 0 Å². The predicted octanol–water partition coefficient (Wildman–Crippen LogP) is 1.39. The first kappa shape index (κ1) is 17.9. The number of fused-ring (bicyclic) bond motifs is 1. The summed E-state index contributed by atoms with van der Waals surface area (Å²) in [6.45, 7) is 0.878. The van der Waals surface area contributed by atoms with Gasteiger partial charge in [-0.05, 0) is 50.0 Å². The molecule has 1 fully saturated rings. The maximum absolute atomic E-state index is 12.4. The van der Waals surface area contributed by atoms with Crippen molar-refractivity contribution in [2.75, 3.05) is 13.2 Å². The monoisotopic (exact) mass is 349 g/mol. The van der Waals surface area contributed by atoms with Crippen LogP contribution in [0.15, 0.2) is 23.6 Å². The molecule has 0 spiro atoms. The molecule has 4 atom stereocenters. The molecule has 1 aliphatic heterocycles. The number of nitrogens with one attached hydrogen (secondary N) is 2. The van der Waals surface area contributed by atoms with Crippen molar-refractivity contribution in [3.8, 4) is 0 Å². The first-order chi connectivity index (χ1) is 12.1. The Morgan fingerprint density at radius 3 is 2.96 bits per heavy atom. The van der Waals surface area contributed by atoms with Crippen LogP contribution in [0.25, 0.3) is 0 Å². The van der Waals surface area contributed by atoms with E-state index in [9.17, 15) is 4.79 Å². The Kier molecular flexibility index (Phi) is 5.75. The summed E-state index contributed by atoms with van der Waals surface area (Å²) in [6.07, 6.45) is 8.27. The summed E-state index contributed by atoms with van der Waals surface area (Å²) in [6, 6.07) is 0. The van der Waals surface area contributed by atoms with Gasteiger partial charge in [0.15, 0.2) is 5.96 Å². The Morgan fingerprint density at radius 1 is 1.44 bits per heavy atom. The average Bonchev–Trinajstić information content (AvgIpc) is 2.97. The van der Waals surface area contributed by atoms with Crippen LogP contribution in [-0.2, 0) is 14.3 Å². The number of carbonyl (C=O) groups is 1. The molecule has 5 N–H and O–H groups in total. The molecule has 138 valence electrons. The lowest BCUT2D eigenvalue weighted by Gasteiger charge is -2.27. The van der Waals surface area contributed by atoms with Crippen LogP contribution >= 0.6 is 0 Å². The van der Waals surface area contributed by atoms with E-state index < -0.39 is 0 Å². The van der Waals surface area contributed by atoms with Crippen LogP contribution < -0.4 is 11.1 Å². The lowest BCUT2D eigenvalue weighted by Crippen LogP contribution is -2.32. The molecular weight excluding hydrogens is 322 g/mol. The number of aliphatic hydroxyl groups excluding tert-OH is 1. The fourth-order valence-corrected chi connectivity index (χ4v) is 4.00. The summed E-state index contributed by atoms with van der Waals surface area (Å²) in [7, 11) is 0. The zero-order valence-electron chi connectivity index (χ0n) is 14.4. The molecule has 0 saturated carbocycles. The van der Waals surface area contributed by atoms with Crippen LogP contribution in [0.2, 0.25) is 0 Å². The van der Waals surface area contributed by atoms with Gasteiger partial charge in [0.05, 0.1) is 18.6 Å². The van der Waals surface area contributed by atoms with Crippen molar-refractivity contribution in [2.45, 2.75) is 44.6 Å². The highest BCUT2D eigenvalue weighted by Gasteiger charge is 2.39. The maximum atomic E-state index is 12.4. The summed E-state index contributed by atoms with van der Waals surface area (Å²) in [5.41, 5.74) is 6.21. The highest BCUT2D eigenvalue weighted by molar-refractivity contribution is 5.77. The zero-order chi connectivity index (χ0) is 17.8. The normalized spacial score (nSPS) is 31.6. The van der Waals surface area contributed by atoms with Crippen LogP contribution in [-0.4, -0.2) is 36.4 Å². The molecule has 3 rings (SSSR count). The van der Waals surface area contributed by atoms with Gasteiger partial charge in [0.25, 0.3) is 0 Å². The molecule has 2 aliphatic carbocycles. The number of hydrogen-bond donors (Lipinski definition) is 4. The number of allylic oxidation sites excluding steroid dienone is 3. The Balaban J connectivity index is 1.50. The van der Waals surface area contributed by atoms with Crippen molar-refractivity contribution in [1.29, 1.82) is 5.41 Å². The Labute approximate surface area is 147 Å². The molecule has 0 bridgehead atoms. The van der Waals surface area contributed by atoms with E-state index in [1.165, 1.54) is 0 Å². The van der Waals surface area contributed by atoms with Crippen LogP contribution in [0.5, 0.6) is 0 Å². The second-order valence-electron chi connectivity index (χ2n) is 7.08. The smallest absolute Gasteiger partial charge is 0.314 e. The van der Waals surface area contributed by atoms with E-state index in [1.54, 1.807) is 0 Å². The van der Waals surface area contributed by atoms with Crippen LogP contribution in [0.1, 0.15) is 38.5 Å². The molecule has 0 aromatic heterocycles. The molecule has 0 radical (unpaired) electrons. The van der Waals surface area contributed by atoms with E-state index in [1.807, 2.05) is 12.2 Å². The van der Waals surface area contributed by atoms with Gasteiger partial charge in [-0.1, -0.05) is 6.08 Å². The predicted molar refractivity (Wildman–Crippen MR) is 92.3 cm³/mol. The third kappa shape index (κ3) is 4.41. The van der Waals surface area contributed by atoms with E-state index >= 15 is 0 Å². The summed E-state index contributed by atoms with van der Waals surface area (Å²) in [5.74, 6) is 1.12. The van der Waals surface area contributed by atoms with Crippen molar-refractivity contribution < 1.29 is 19.4 Å². The largest absolute Gasteiger partial charge is 0.431 e. The second-order valence-corrected chi connectivity index (χ2v) is 7.08. The standard InChI is InChI=1S/C18H27N3O4/c19-18(20)21-13-3-1-11(2-4-13)17(23)25-14-5-6-15-12(7-8-22)10-24-16(15)9-14/h3,5,11-12,15-16,22H,1-2,4,6-10H2,(H4,19,20,21)/t11-,12?,15+,16+/m1/s1. The molecule has 3 aliphatic rings. The Bertz CT molecular complexity index is 587. The van der Waals surface area contributed by atoms with Crippen molar-refractivity contribution in [3.05, 3.63) is 23.6 Å². The molecule has 1 saturated heterocycles. The van der Waals surface area contributed by atoms with Crippen LogP contribution in [0, 0.1) is 23.2 Å². The summed E-state index contributed by atoms with van der Waals surface area (Å²) < 4.78 is 11.5. The number of aliphatic hydroxyl groups is 1. The fourth-order valence-electron chi connectivity index (χ4n) is 4.00. The quantitative estimate of drug-likeness (QED) is 0.338. The van der Waals surface area contributed by atoms with Gasteiger partial charge >= 0.3 is 5.97 Å². The maximum Gasteiger partial charge on any atom is 0.314 e. The topological polar surface area (TPSA) is 118 Å². The molecular formula is C18H27N3O4. The number of carbonyl (C=O) groups excluding carboxylic acids is 1. The molecule has 7 nitrogen and oxygen atoms in total. The third-order valence-corrected chi connectivity index (χ3v) is 5.40. The number of hydrogen-bond acceptors (Lipinski definition) is 5. The van der Waals surface area contributed by atoms with Gasteiger partial charge in [-0.25, -0.2) is 0 Å². The van der Waals surface area contributed by atoms with Crippen LogP contribution in [0.3, 0.4) is 0 Å². The lowest BCUT2D eigenvalue weighted by atomic mass is 9.81. The summed E-state index contributed by atoms with van der Waals surface area (Å²) >= 11 is 0. The second kappa shape index (κ2) is 8.01. The van der Waals surface area contributed by atoms with E-state index in [0.717, 1.165) is 18.5 Å². The molecule has 0 aromatic carbocycles. The van der Waals surface area contributed by atoms with E-state index in [0.29, 0.717) is 49.9 Å².